The van der Waals surface area contributed by atoms with Gasteiger partial charge in [-0.1, -0.05) is 232 Å². The second-order valence-corrected chi connectivity index (χ2v) is 22.2. The number of hydrogen-bond donors (Lipinski definition) is 6. The van der Waals surface area contributed by atoms with Gasteiger partial charge in [-0.3, -0.25) is 19.3 Å². The quantitative estimate of drug-likeness (QED) is 0.0252. The minimum absolute atomic E-state index is 0.0534. The first-order valence-electron chi connectivity index (χ1n) is 28.3. The number of unbranched alkanes of at least 4 members (excludes halogenated alkanes) is 33. The molecule has 69 heavy (non-hydrogen) atoms. The van der Waals surface area contributed by atoms with Gasteiger partial charge in [-0.05, 0) is 28.8 Å². The maximum atomic E-state index is 13.3. The van der Waals surface area contributed by atoms with Crippen molar-refractivity contribution in [1.82, 2.24) is 10.2 Å². The number of amides is 3. The molecule has 1 fully saturated rings. The molecule has 0 aromatic rings. The molecule has 0 aliphatic carbocycles. The lowest BCUT2D eigenvalue weighted by Gasteiger charge is -2.41. The van der Waals surface area contributed by atoms with Gasteiger partial charge in [0, 0.05) is 19.2 Å². The van der Waals surface area contributed by atoms with Crippen LogP contribution in [0.15, 0.2) is 9.39 Å². The Morgan fingerprint density at radius 3 is 1.39 bits per heavy atom. The monoisotopic (exact) mass is 1060 g/mol. The highest BCUT2D eigenvalue weighted by Crippen LogP contribution is 2.35. The van der Waals surface area contributed by atoms with Gasteiger partial charge >= 0.3 is 0 Å². The molecule has 0 aromatic carbocycles. The molecule has 1 saturated heterocycles. The number of hydrogen-bond acceptors (Lipinski definition) is 11. The molecule has 8 atom stereocenters. The summed E-state index contributed by atoms with van der Waals surface area (Å²) in [4.78, 5) is 39.2. The first-order chi connectivity index (χ1) is 33.4. The summed E-state index contributed by atoms with van der Waals surface area (Å²) in [5.41, 5.74) is 0. The summed E-state index contributed by atoms with van der Waals surface area (Å²) in [7, 11) is 1.36. The van der Waals surface area contributed by atoms with Crippen LogP contribution in [0.5, 0.6) is 0 Å². The van der Waals surface area contributed by atoms with Crippen LogP contribution in [0.4, 0.5) is 0 Å². The largest absolute Gasteiger partial charge is 0.390 e. The van der Waals surface area contributed by atoms with E-state index in [9.17, 15) is 39.9 Å². The van der Waals surface area contributed by atoms with Gasteiger partial charge in [0.2, 0.25) is 5.91 Å². The van der Waals surface area contributed by atoms with Crippen molar-refractivity contribution >= 4 is 45.4 Å². The highest BCUT2D eigenvalue weighted by Gasteiger charge is 2.46. The zero-order valence-corrected chi connectivity index (χ0v) is 46.1. The second kappa shape index (κ2) is 41.3. The van der Waals surface area contributed by atoms with Crippen molar-refractivity contribution in [3.8, 4) is 0 Å². The normalized spacial score (nSPS) is 21.1. The fourth-order valence-electron chi connectivity index (χ4n) is 9.47. The average molecular weight is 1060 g/mol. The van der Waals surface area contributed by atoms with Crippen LogP contribution in [0.1, 0.15) is 251 Å². The Balaban J connectivity index is 1.73. The van der Waals surface area contributed by atoms with Crippen LogP contribution in [-0.2, 0) is 23.9 Å². The first-order valence-corrected chi connectivity index (χ1v) is 30.0. The number of carbonyl (C=O) groups is 3. The first kappa shape index (κ1) is 64.0. The van der Waals surface area contributed by atoms with Crippen LogP contribution in [0.2, 0.25) is 0 Å². The Morgan fingerprint density at radius 1 is 0.609 bits per heavy atom. The number of imide groups is 1. The number of likely N-dealkylation sites (N-methyl/N-ethyl adjacent to an activating group) is 1. The van der Waals surface area contributed by atoms with Crippen molar-refractivity contribution in [2.75, 3.05) is 19.4 Å². The molecule has 0 radical (unpaired) electrons. The van der Waals surface area contributed by atoms with Gasteiger partial charge in [-0.15, -0.1) is 11.8 Å². The molecule has 6 N–H and O–H groups in total. The molecule has 0 unspecified atom stereocenters. The molecule has 2 heterocycles. The molecule has 404 valence electrons. The van der Waals surface area contributed by atoms with Gasteiger partial charge < -0.3 is 40.3 Å². The van der Waals surface area contributed by atoms with Crippen molar-refractivity contribution in [3.63, 3.8) is 0 Å². The van der Waals surface area contributed by atoms with E-state index in [0.717, 1.165) is 61.6 Å². The van der Waals surface area contributed by atoms with Crippen LogP contribution in [-0.4, -0.2) is 117 Å². The third kappa shape index (κ3) is 28.2. The summed E-state index contributed by atoms with van der Waals surface area (Å²) in [6.07, 6.45) is 34.6. The minimum atomic E-state index is -1.67. The summed E-state index contributed by atoms with van der Waals surface area (Å²) in [6.45, 7) is 4.17. The van der Waals surface area contributed by atoms with Crippen molar-refractivity contribution in [2.45, 2.75) is 300 Å². The molecule has 0 saturated carbocycles. The summed E-state index contributed by atoms with van der Waals surface area (Å²) in [6, 6.07) is -1.04. The van der Waals surface area contributed by atoms with Gasteiger partial charge in [-0.2, -0.15) is 0 Å². The van der Waals surface area contributed by atoms with E-state index in [4.69, 9.17) is 9.47 Å². The van der Waals surface area contributed by atoms with Gasteiger partial charge in [0.15, 0.2) is 6.29 Å². The van der Waals surface area contributed by atoms with Gasteiger partial charge in [0.05, 0.1) is 29.8 Å². The molecule has 0 bridgehead atoms. The summed E-state index contributed by atoms with van der Waals surface area (Å²) < 4.78 is 11.9. The van der Waals surface area contributed by atoms with Crippen molar-refractivity contribution in [1.29, 1.82) is 0 Å². The summed E-state index contributed by atoms with van der Waals surface area (Å²) >= 11 is 4.12. The summed E-state index contributed by atoms with van der Waals surface area (Å²) in [5.74, 6) is -1.34. The maximum Gasteiger partial charge on any atom is 0.268 e. The summed E-state index contributed by atoms with van der Waals surface area (Å²) in [5, 5.41) is 57.7. The van der Waals surface area contributed by atoms with Crippen LogP contribution in [0, 0.1) is 0 Å². The van der Waals surface area contributed by atoms with Crippen molar-refractivity contribution < 1.29 is 49.4 Å². The van der Waals surface area contributed by atoms with E-state index in [1.807, 2.05) is 0 Å². The maximum absolute atomic E-state index is 13.3. The van der Waals surface area contributed by atoms with E-state index in [1.165, 1.54) is 180 Å². The van der Waals surface area contributed by atoms with Gasteiger partial charge in [0.25, 0.3) is 11.8 Å². The van der Waals surface area contributed by atoms with E-state index in [0.29, 0.717) is 12.8 Å². The molecular weight excluding hydrogens is 961 g/mol. The number of nitrogens with one attached hydrogen (secondary N) is 1. The van der Waals surface area contributed by atoms with E-state index < -0.39 is 60.8 Å². The fraction of sp³-hybridized carbons (Fsp3) is 0.909. The fourth-order valence-corrected chi connectivity index (χ4v) is 11.3. The Hall–Kier alpha value is -1.10. The topological polar surface area (TPSA) is 186 Å². The SMILES string of the molecule is CCCCCCCCCCCCCCCCCCCCCCCCCC(=O)N[C@@H](CO[C@H]1O[C@H](CSC2=C(Br)C(=O)N(C)C2=O)[C@H](O)[C@H](O)[C@H]1O)[C@H](O)[C@H](O)CCCCCCCCCCCCCC. The van der Waals surface area contributed by atoms with Crippen molar-refractivity contribution in [2.24, 2.45) is 0 Å². The third-order valence-electron chi connectivity index (χ3n) is 14.2. The minimum Gasteiger partial charge on any atom is -0.390 e. The zero-order valence-electron chi connectivity index (χ0n) is 43.7. The van der Waals surface area contributed by atoms with E-state index in [2.05, 4.69) is 35.1 Å². The Morgan fingerprint density at radius 2 is 1.00 bits per heavy atom. The van der Waals surface area contributed by atoms with Crippen molar-refractivity contribution in [3.05, 3.63) is 9.39 Å². The predicted molar refractivity (Wildman–Crippen MR) is 285 cm³/mol. The average Bonchev–Trinajstić information content (AvgIpc) is 3.52. The second-order valence-electron chi connectivity index (χ2n) is 20.4. The van der Waals surface area contributed by atoms with Crippen LogP contribution in [0.25, 0.3) is 0 Å². The molecule has 2 rings (SSSR count). The Labute approximate surface area is 432 Å². The molecular formula is C55H101BrN2O10S. The lowest BCUT2D eigenvalue weighted by molar-refractivity contribution is -0.294. The lowest BCUT2D eigenvalue weighted by atomic mass is 9.98. The molecule has 12 nitrogen and oxygen atoms in total. The number of halogens is 1. The smallest absolute Gasteiger partial charge is 0.268 e. The molecule has 0 spiro atoms. The standard InChI is InChI=1S/C55H101BrN2O10S/c1-4-6-8-10-12-14-16-18-19-20-21-22-23-24-25-26-27-28-30-32-34-36-38-40-46(60)57-43(48(61)44(59)39-37-35-33-31-29-17-15-13-11-9-7-5-2)41-67-55-51(64)50(63)49(62)45(68-55)42-69-52-47(56)53(65)58(3)54(52)66/h43-45,48-51,55,59,61-64H,4-42H2,1-3H3,(H,57,60)/t43-,44+,45+,48-,49-,50-,51+,55-/m0/s1. The molecule has 0 aromatic heterocycles. The van der Waals surface area contributed by atoms with E-state index >= 15 is 0 Å². The van der Waals surface area contributed by atoms with E-state index in [1.54, 1.807) is 0 Å². The molecule has 14 heteroatoms. The third-order valence-corrected chi connectivity index (χ3v) is 16.4. The highest BCUT2D eigenvalue weighted by atomic mass is 79.9. The van der Waals surface area contributed by atoms with E-state index in [-0.39, 0.29) is 34.1 Å². The van der Waals surface area contributed by atoms with Crippen LogP contribution < -0.4 is 5.32 Å². The molecule has 2 aliphatic rings. The number of rotatable bonds is 46. The Bertz CT molecular complexity index is 1360. The number of thioether (sulfide) groups is 1. The number of carbonyl (C=O) groups excluding carboxylic acids is 3. The van der Waals surface area contributed by atoms with Crippen LogP contribution >= 0.6 is 27.7 Å². The number of ether oxygens (including phenoxy) is 2. The van der Waals surface area contributed by atoms with Gasteiger partial charge in [-0.25, -0.2) is 0 Å². The highest BCUT2D eigenvalue weighted by molar-refractivity contribution is 9.12. The predicted octanol–water partition coefficient (Wildman–Crippen LogP) is 11.8. The molecule has 3 amide bonds. The molecule has 2 aliphatic heterocycles. The van der Waals surface area contributed by atoms with Crippen LogP contribution in [0.3, 0.4) is 0 Å². The number of aliphatic hydroxyl groups is 5. The van der Waals surface area contributed by atoms with Gasteiger partial charge in [0.1, 0.15) is 28.9 Å². The number of aliphatic hydroxyl groups excluding tert-OH is 5. The number of nitrogens with zero attached hydrogens (tertiary/aromatic N) is 1. The Kier molecular flexibility index (Phi) is 38.3. The zero-order chi connectivity index (χ0) is 50.5. The lowest BCUT2D eigenvalue weighted by Crippen LogP contribution is -2.60.